The van der Waals surface area contributed by atoms with Crippen molar-refractivity contribution in [3.05, 3.63) is 57.8 Å². The van der Waals surface area contributed by atoms with Crippen molar-refractivity contribution in [2.24, 2.45) is 5.92 Å². The number of hydrogen-bond donors (Lipinski definition) is 1. The van der Waals surface area contributed by atoms with Crippen molar-refractivity contribution in [2.75, 3.05) is 26.2 Å². The molecule has 6 heteroatoms. The molecule has 0 bridgehead atoms. The first kappa shape index (κ1) is 20.6. The number of hydrogen-bond acceptors (Lipinski definition) is 4. The predicted molar refractivity (Wildman–Crippen MR) is 113 cm³/mol. The third-order valence-electron chi connectivity index (χ3n) is 5.25. The summed E-state index contributed by atoms with van der Waals surface area (Å²) in [5, 5.41) is 5.07. The summed E-state index contributed by atoms with van der Waals surface area (Å²) in [6.07, 6.45) is 0. The standard InChI is InChI=1S/C22H29N3O2S/c1-16(2)20(23-21(26)19-9-5-4-7-17(19)3)22(27)25-12-10-24(11-13-25)15-18-8-6-14-28-18/h4-9,14,16,20H,10-13,15H2,1-3H3,(H,23,26). The second kappa shape index (κ2) is 9.34. The van der Waals surface area contributed by atoms with Gasteiger partial charge in [-0.25, -0.2) is 0 Å². The van der Waals surface area contributed by atoms with Gasteiger partial charge >= 0.3 is 0 Å². The Morgan fingerprint density at radius 2 is 1.79 bits per heavy atom. The number of rotatable bonds is 6. The topological polar surface area (TPSA) is 52.7 Å². The molecule has 2 heterocycles. The molecular weight excluding hydrogens is 370 g/mol. The van der Waals surface area contributed by atoms with E-state index in [4.69, 9.17) is 0 Å². The minimum Gasteiger partial charge on any atom is -0.340 e. The summed E-state index contributed by atoms with van der Waals surface area (Å²) in [6, 6.07) is 11.2. The lowest BCUT2D eigenvalue weighted by Crippen LogP contribution is -2.56. The van der Waals surface area contributed by atoms with Crippen molar-refractivity contribution >= 4 is 23.2 Å². The van der Waals surface area contributed by atoms with Gasteiger partial charge in [0.05, 0.1) is 0 Å². The van der Waals surface area contributed by atoms with E-state index in [-0.39, 0.29) is 17.7 Å². The van der Waals surface area contributed by atoms with Crippen molar-refractivity contribution in [2.45, 2.75) is 33.4 Å². The molecule has 3 rings (SSSR count). The minimum absolute atomic E-state index is 0.0210. The molecule has 1 aliphatic heterocycles. The van der Waals surface area contributed by atoms with Gasteiger partial charge in [0.25, 0.3) is 5.91 Å². The highest BCUT2D eigenvalue weighted by atomic mass is 32.1. The molecule has 28 heavy (non-hydrogen) atoms. The van der Waals surface area contributed by atoms with Gasteiger partial charge in [0, 0.05) is 43.2 Å². The quantitative estimate of drug-likeness (QED) is 0.812. The van der Waals surface area contributed by atoms with E-state index in [1.165, 1.54) is 4.88 Å². The lowest BCUT2D eigenvalue weighted by Gasteiger charge is -2.37. The SMILES string of the molecule is Cc1ccccc1C(=O)NC(C(=O)N1CCN(Cc2cccs2)CC1)C(C)C. The fourth-order valence-electron chi connectivity index (χ4n) is 3.51. The Bertz CT molecular complexity index is 796. The van der Waals surface area contributed by atoms with Crippen LogP contribution in [0.4, 0.5) is 0 Å². The van der Waals surface area contributed by atoms with Crippen molar-refractivity contribution in [1.82, 2.24) is 15.1 Å². The molecule has 0 saturated carbocycles. The van der Waals surface area contributed by atoms with Crippen LogP contribution in [0.1, 0.15) is 34.6 Å². The number of thiophene rings is 1. The van der Waals surface area contributed by atoms with Gasteiger partial charge in [-0.05, 0) is 35.9 Å². The maximum Gasteiger partial charge on any atom is 0.252 e. The number of nitrogens with zero attached hydrogens (tertiary/aromatic N) is 2. The van der Waals surface area contributed by atoms with Gasteiger partial charge < -0.3 is 10.2 Å². The molecule has 2 aromatic rings. The van der Waals surface area contributed by atoms with Crippen molar-refractivity contribution in [1.29, 1.82) is 0 Å². The third kappa shape index (κ3) is 5.00. The summed E-state index contributed by atoms with van der Waals surface area (Å²) < 4.78 is 0. The van der Waals surface area contributed by atoms with Crippen LogP contribution in [0.25, 0.3) is 0 Å². The molecular formula is C22H29N3O2S. The molecule has 2 amide bonds. The Balaban J connectivity index is 1.59. The lowest BCUT2D eigenvalue weighted by atomic mass is 10.0. The first-order valence-corrected chi connectivity index (χ1v) is 10.7. The van der Waals surface area contributed by atoms with E-state index in [1.54, 1.807) is 17.4 Å². The Morgan fingerprint density at radius 1 is 1.07 bits per heavy atom. The number of piperazine rings is 1. The molecule has 5 nitrogen and oxygen atoms in total. The van der Waals surface area contributed by atoms with E-state index >= 15 is 0 Å². The van der Waals surface area contributed by atoms with Crippen LogP contribution in [-0.4, -0.2) is 53.8 Å². The average Bonchev–Trinajstić information content (AvgIpc) is 3.19. The van der Waals surface area contributed by atoms with Crippen LogP contribution in [0.15, 0.2) is 41.8 Å². The van der Waals surface area contributed by atoms with Crippen LogP contribution >= 0.6 is 11.3 Å². The Morgan fingerprint density at radius 3 is 2.39 bits per heavy atom. The first-order chi connectivity index (χ1) is 13.5. The Labute approximate surface area is 171 Å². The van der Waals surface area contributed by atoms with Crippen molar-refractivity contribution < 1.29 is 9.59 Å². The zero-order valence-corrected chi connectivity index (χ0v) is 17.7. The Hall–Kier alpha value is -2.18. The third-order valence-corrected chi connectivity index (χ3v) is 6.11. The van der Waals surface area contributed by atoms with E-state index in [0.717, 1.165) is 25.2 Å². The second-order valence-electron chi connectivity index (χ2n) is 7.69. The zero-order chi connectivity index (χ0) is 20.1. The van der Waals surface area contributed by atoms with Gasteiger partial charge in [-0.3, -0.25) is 14.5 Å². The van der Waals surface area contributed by atoms with E-state index in [0.29, 0.717) is 18.7 Å². The second-order valence-corrected chi connectivity index (χ2v) is 8.72. The number of benzene rings is 1. The van der Waals surface area contributed by atoms with Crippen LogP contribution in [0.5, 0.6) is 0 Å². The number of carbonyl (C=O) groups excluding carboxylic acids is 2. The number of nitrogens with one attached hydrogen (secondary N) is 1. The normalized spacial score (nSPS) is 16.2. The van der Waals surface area contributed by atoms with Gasteiger partial charge in [-0.15, -0.1) is 11.3 Å². The molecule has 0 spiro atoms. The lowest BCUT2D eigenvalue weighted by molar-refractivity contribution is -0.136. The predicted octanol–water partition coefficient (Wildman–Crippen LogP) is 3.16. The summed E-state index contributed by atoms with van der Waals surface area (Å²) >= 11 is 1.77. The summed E-state index contributed by atoms with van der Waals surface area (Å²) in [6.45, 7) is 9.94. The van der Waals surface area contributed by atoms with E-state index in [2.05, 4.69) is 27.7 Å². The maximum absolute atomic E-state index is 13.1. The van der Waals surface area contributed by atoms with Gasteiger partial charge in [-0.1, -0.05) is 38.1 Å². The minimum atomic E-state index is -0.504. The van der Waals surface area contributed by atoms with Crippen LogP contribution in [0, 0.1) is 12.8 Å². The molecule has 0 radical (unpaired) electrons. The monoisotopic (exact) mass is 399 g/mol. The van der Waals surface area contributed by atoms with Crippen molar-refractivity contribution in [3.8, 4) is 0 Å². The molecule has 150 valence electrons. The highest BCUT2D eigenvalue weighted by molar-refractivity contribution is 7.09. The Kier molecular flexibility index (Phi) is 6.86. The van der Waals surface area contributed by atoms with E-state index in [1.807, 2.05) is 43.9 Å². The van der Waals surface area contributed by atoms with Gasteiger partial charge in [0.2, 0.25) is 5.91 Å². The van der Waals surface area contributed by atoms with Gasteiger partial charge in [0.1, 0.15) is 6.04 Å². The zero-order valence-electron chi connectivity index (χ0n) is 16.9. The molecule has 1 N–H and O–H groups in total. The van der Waals surface area contributed by atoms with Crippen LogP contribution in [-0.2, 0) is 11.3 Å². The van der Waals surface area contributed by atoms with Crippen LogP contribution in [0.2, 0.25) is 0 Å². The summed E-state index contributed by atoms with van der Waals surface area (Å²) in [5.41, 5.74) is 1.54. The smallest absolute Gasteiger partial charge is 0.252 e. The highest BCUT2D eigenvalue weighted by Crippen LogP contribution is 2.16. The number of amides is 2. The summed E-state index contributed by atoms with van der Waals surface area (Å²) in [5.74, 6) is -0.126. The molecule has 1 aromatic carbocycles. The van der Waals surface area contributed by atoms with E-state index in [9.17, 15) is 9.59 Å². The molecule has 0 aliphatic carbocycles. The maximum atomic E-state index is 13.1. The molecule has 1 aromatic heterocycles. The average molecular weight is 400 g/mol. The molecule has 1 fully saturated rings. The number of aryl methyl sites for hydroxylation is 1. The van der Waals surface area contributed by atoms with E-state index < -0.39 is 6.04 Å². The summed E-state index contributed by atoms with van der Waals surface area (Å²) in [4.78, 5) is 31.4. The number of carbonyl (C=O) groups is 2. The van der Waals surface area contributed by atoms with Gasteiger partial charge in [0.15, 0.2) is 0 Å². The fourth-order valence-corrected chi connectivity index (χ4v) is 4.25. The molecule has 1 unspecified atom stereocenters. The molecule has 1 saturated heterocycles. The molecule has 1 aliphatic rings. The molecule has 1 atom stereocenters. The largest absolute Gasteiger partial charge is 0.340 e. The fraction of sp³-hybridized carbons (Fsp3) is 0.455. The van der Waals surface area contributed by atoms with Gasteiger partial charge in [-0.2, -0.15) is 0 Å². The highest BCUT2D eigenvalue weighted by Gasteiger charge is 2.31. The van der Waals surface area contributed by atoms with Crippen LogP contribution in [0.3, 0.4) is 0 Å². The first-order valence-electron chi connectivity index (χ1n) is 9.85. The summed E-state index contributed by atoms with van der Waals surface area (Å²) in [7, 11) is 0. The van der Waals surface area contributed by atoms with Crippen LogP contribution < -0.4 is 5.32 Å². The van der Waals surface area contributed by atoms with Crippen molar-refractivity contribution in [3.63, 3.8) is 0 Å².